The average molecular weight is 153 g/mol. The number of carbonyl (C=O) groups excluding carboxylic acids is 1. The molecule has 1 aromatic heterocycles. The summed E-state index contributed by atoms with van der Waals surface area (Å²) in [4.78, 5) is 10.8. The lowest BCUT2D eigenvalue weighted by atomic mass is 10.3. The molecule has 0 fully saturated rings. The molecule has 0 unspecified atom stereocenters. The van der Waals surface area contributed by atoms with Crippen molar-refractivity contribution in [3.8, 4) is 0 Å². The zero-order valence-corrected chi connectivity index (χ0v) is 6.90. The molecular weight excluding hydrogens is 142 g/mol. The topological polar surface area (TPSA) is 47.8 Å². The molecular formula is C7H11N3O. The average Bonchev–Trinajstić information content (AvgIpc) is 2.33. The zero-order chi connectivity index (χ0) is 8.43. The number of hydrogen-bond donors (Lipinski definition) is 0. The standard InChI is InChI=1S/C7H11N3O/c1-5(2)10-4-7(6(3)11)8-9-10/h4-5H,1-3H3. The van der Waals surface area contributed by atoms with Gasteiger partial charge in [0.15, 0.2) is 5.78 Å². The summed E-state index contributed by atoms with van der Waals surface area (Å²) in [5.41, 5.74) is 0.429. The van der Waals surface area contributed by atoms with Crippen molar-refractivity contribution < 1.29 is 4.79 Å². The van der Waals surface area contributed by atoms with Crippen LogP contribution in [0.5, 0.6) is 0 Å². The summed E-state index contributed by atoms with van der Waals surface area (Å²) < 4.78 is 1.66. The summed E-state index contributed by atoms with van der Waals surface area (Å²) in [5, 5.41) is 7.48. The normalized spacial score (nSPS) is 10.5. The van der Waals surface area contributed by atoms with Crippen LogP contribution in [-0.4, -0.2) is 20.8 Å². The van der Waals surface area contributed by atoms with E-state index in [4.69, 9.17) is 0 Å². The second-order valence-electron chi connectivity index (χ2n) is 2.73. The van der Waals surface area contributed by atoms with E-state index in [1.165, 1.54) is 6.92 Å². The quantitative estimate of drug-likeness (QED) is 0.597. The van der Waals surface area contributed by atoms with Crippen LogP contribution in [0.1, 0.15) is 37.3 Å². The second kappa shape index (κ2) is 2.82. The summed E-state index contributed by atoms with van der Waals surface area (Å²) in [6, 6.07) is 0.260. The van der Waals surface area contributed by atoms with Gasteiger partial charge in [0.2, 0.25) is 0 Å². The molecule has 0 aliphatic rings. The van der Waals surface area contributed by atoms with Crippen LogP contribution >= 0.6 is 0 Å². The Balaban J connectivity index is 2.90. The molecule has 0 N–H and O–H groups in total. The highest BCUT2D eigenvalue weighted by Gasteiger charge is 2.06. The van der Waals surface area contributed by atoms with Gasteiger partial charge < -0.3 is 0 Å². The SMILES string of the molecule is CC(=O)c1cn(C(C)C)nn1. The predicted molar refractivity (Wildman–Crippen MR) is 40.4 cm³/mol. The van der Waals surface area contributed by atoms with Gasteiger partial charge in [-0.1, -0.05) is 5.21 Å². The summed E-state index contributed by atoms with van der Waals surface area (Å²) in [6.45, 7) is 5.45. The zero-order valence-electron chi connectivity index (χ0n) is 6.90. The highest BCUT2D eigenvalue weighted by atomic mass is 16.1. The first-order valence-corrected chi connectivity index (χ1v) is 3.54. The van der Waals surface area contributed by atoms with Crippen molar-refractivity contribution >= 4 is 5.78 Å². The van der Waals surface area contributed by atoms with Gasteiger partial charge in [-0.3, -0.25) is 4.79 Å². The van der Waals surface area contributed by atoms with Crippen LogP contribution in [0.4, 0.5) is 0 Å². The summed E-state index contributed by atoms with van der Waals surface area (Å²) in [6.07, 6.45) is 1.66. The number of ketones is 1. The third-order valence-corrected chi connectivity index (χ3v) is 1.40. The molecule has 1 heterocycles. The molecule has 1 aromatic rings. The van der Waals surface area contributed by atoms with Crippen molar-refractivity contribution in [2.75, 3.05) is 0 Å². The minimum Gasteiger partial charge on any atom is -0.293 e. The second-order valence-corrected chi connectivity index (χ2v) is 2.73. The Kier molecular flexibility index (Phi) is 2.03. The van der Waals surface area contributed by atoms with Crippen LogP contribution in [0, 0.1) is 0 Å². The molecule has 0 spiro atoms. The van der Waals surface area contributed by atoms with Crippen LogP contribution < -0.4 is 0 Å². The maximum absolute atomic E-state index is 10.8. The summed E-state index contributed by atoms with van der Waals surface area (Å²) >= 11 is 0. The number of aromatic nitrogens is 3. The van der Waals surface area contributed by atoms with Gasteiger partial charge in [0, 0.05) is 13.0 Å². The fourth-order valence-electron chi connectivity index (χ4n) is 0.690. The summed E-state index contributed by atoms with van der Waals surface area (Å²) in [5.74, 6) is -0.0445. The highest BCUT2D eigenvalue weighted by molar-refractivity contribution is 5.91. The van der Waals surface area contributed by atoms with E-state index in [9.17, 15) is 4.79 Å². The monoisotopic (exact) mass is 153 g/mol. The van der Waals surface area contributed by atoms with Crippen molar-refractivity contribution in [2.45, 2.75) is 26.8 Å². The van der Waals surface area contributed by atoms with Crippen molar-refractivity contribution in [3.05, 3.63) is 11.9 Å². The maximum atomic E-state index is 10.8. The molecule has 0 aliphatic carbocycles. The lowest BCUT2D eigenvalue weighted by Gasteiger charge is -2.00. The predicted octanol–water partition coefficient (Wildman–Crippen LogP) is 1.06. The van der Waals surface area contributed by atoms with E-state index in [1.807, 2.05) is 13.8 Å². The molecule has 0 atom stereocenters. The third kappa shape index (κ3) is 1.63. The Morgan fingerprint density at radius 2 is 2.27 bits per heavy atom. The van der Waals surface area contributed by atoms with Gasteiger partial charge >= 0.3 is 0 Å². The molecule has 0 radical (unpaired) electrons. The molecule has 0 saturated heterocycles. The molecule has 60 valence electrons. The molecule has 4 heteroatoms. The van der Waals surface area contributed by atoms with Crippen molar-refractivity contribution in [3.63, 3.8) is 0 Å². The van der Waals surface area contributed by atoms with E-state index in [0.717, 1.165) is 0 Å². The van der Waals surface area contributed by atoms with Crippen LogP contribution in [0.3, 0.4) is 0 Å². The van der Waals surface area contributed by atoms with Gasteiger partial charge in [0.25, 0.3) is 0 Å². The Bertz CT molecular complexity index is 264. The number of rotatable bonds is 2. The number of carbonyl (C=O) groups is 1. The van der Waals surface area contributed by atoms with E-state index < -0.39 is 0 Å². The molecule has 4 nitrogen and oxygen atoms in total. The van der Waals surface area contributed by atoms with Gasteiger partial charge in [-0.15, -0.1) is 5.10 Å². The Hall–Kier alpha value is -1.19. The molecule has 0 aliphatic heterocycles. The third-order valence-electron chi connectivity index (χ3n) is 1.40. The lowest BCUT2D eigenvalue weighted by molar-refractivity contribution is 0.101. The van der Waals surface area contributed by atoms with E-state index in [-0.39, 0.29) is 11.8 Å². The molecule has 0 amide bonds. The van der Waals surface area contributed by atoms with Gasteiger partial charge in [0.05, 0.1) is 6.20 Å². The van der Waals surface area contributed by atoms with E-state index >= 15 is 0 Å². The van der Waals surface area contributed by atoms with Crippen molar-refractivity contribution in [1.82, 2.24) is 15.0 Å². The number of hydrogen-bond acceptors (Lipinski definition) is 3. The van der Waals surface area contributed by atoms with Crippen LogP contribution in [0.2, 0.25) is 0 Å². The highest BCUT2D eigenvalue weighted by Crippen LogP contribution is 2.02. The molecule has 0 bridgehead atoms. The minimum atomic E-state index is -0.0445. The first-order chi connectivity index (χ1) is 5.11. The van der Waals surface area contributed by atoms with Gasteiger partial charge in [-0.2, -0.15) is 0 Å². The van der Waals surface area contributed by atoms with E-state index in [2.05, 4.69) is 10.3 Å². The van der Waals surface area contributed by atoms with Crippen LogP contribution in [-0.2, 0) is 0 Å². The Morgan fingerprint density at radius 3 is 2.55 bits per heavy atom. The summed E-state index contributed by atoms with van der Waals surface area (Å²) in [7, 11) is 0. The van der Waals surface area contributed by atoms with Gasteiger partial charge in [0.1, 0.15) is 5.69 Å². The van der Waals surface area contributed by atoms with Gasteiger partial charge in [-0.05, 0) is 13.8 Å². The van der Waals surface area contributed by atoms with Crippen LogP contribution in [0.15, 0.2) is 6.20 Å². The molecule has 0 saturated carbocycles. The van der Waals surface area contributed by atoms with E-state index in [1.54, 1.807) is 10.9 Å². The Labute approximate surface area is 65.2 Å². The van der Waals surface area contributed by atoms with Gasteiger partial charge in [-0.25, -0.2) is 4.68 Å². The molecule has 0 aromatic carbocycles. The maximum Gasteiger partial charge on any atom is 0.181 e. The Morgan fingerprint density at radius 1 is 1.64 bits per heavy atom. The first kappa shape index (κ1) is 7.91. The van der Waals surface area contributed by atoms with Crippen molar-refractivity contribution in [2.24, 2.45) is 0 Å². The minimum absolute atomic E-state index is 0.0445. The first-order valence-electron chi connectivity index (χ1n) is 3.54. The fraction of sp³-hybridized carbons (Fsp3) is 0.571. The van der Waals surface area contributed by atoms with E-state index in [0.29, 0.717) is 5.69 Å². The molecule has 1 rings (SSSR count). The largest absolute Gasteiger partial charge is 0.293 e. The lowest BCUT2D eigenvalue weighted by Crippen LogP contribution is -2.00. The number of nitrogens with zero attached hydrogens (tertiary/aromatic N) is 3. The van der Waals surface area contributed by atoms with Crippen molar-refractivity contribution in [1.29, 1.82) is 0 Å². The fourth-order valence-corrected chi connectivity index (χ4v) is 0.690. The van der Waals surface area contributed by atoms with Crippen LogP contribution in [0.25, 0.3) is 0 Å². The molecule has 11 heavy (non-hydrogen) atoms. The number of Topliss-reactive ketones (excluding diaryl/α,β-unsaturated/α-hetero) is 1. The smallest absolute Gasteiger partial charge is 0.181 e.